The highest BCUT2D eigenvalue weighted by Gasteiger charge is 2.45. The number of aldehydes is 1. The molecule has 0 spiro atoms. The van der Waals surface area contributed by atoms with Crippen LogP contribution in [0.15, 0.2) is 0 Å². The van der Waals surface area contributed by atoms with E-state index in [0.717, 1.165) is 6.42 Å². The van der Waals surface area contributed by atoms with Crippen LogP contribution >= 0.6 is 0 Å². The van der Waals surface area contributed by atoms with Gasteiger partial charge < -0.3 is 14.4 Å². The Labute approximate surface area is 121 Å². The second kappa shape index (κ2) is 12.6. The number of nitrogens with one attached hydrogen (secondary N) is 2. The number of likely N-dealkylation sites (N-methyl/N-ethyl adjacent to an activating group) is 1. The molecule has 2 N–H and O–H groups in total. The van der Waals surface area contributed by atoms with Crippen molar-refractivity contribution in [2.45, 2.75) is 45.8 Å². The number of hydrazine groups is 1. The second-order valence-corrected chi connectivity index (χ2v) is 3.94. The van der Waals surface area contributed by atoms with E-state index in [1.54, 1.807) is 21.1 Å². The largest absolute Gasteiger partial charge is 0.351 e. The summed E-state index contributed by atoms with van der Waals surface area (Å²) in [6, 6.07) is 0. The van der Waals surface area contributed by atoms with Crippen LogP contribution in [0.1, 0.15) is 33.6 Å². The van der Waals surface area contributed by atoms with Crippen molar-refractivity contribution in [2.24, 2.45) is 0 Å². The molecule has 1 aliphatic heterocycles. The van der Waals surface area contributed by atoms with E-state index in [1.165, 1.54) is 4.90 Å². The number of carbonyl (C=O) groups excluding carboxylic acids is 3. The second-order valence-electron chi connectivity index (χ2n) is 3.94. The molecular formula is C13H27N3O4. The molecule has 0 aliphatic carbocycles. The minimum Gasteiger partial charge on any atom is -0.351 e. The predicted molar refractivity (Wildman–Crippen MR) is 76.9 cm³/mol. The average molecular weight is 289 g/mol. The molecule has 1 fully saturated rings. The van der Waals surface area contributed by atoms with Gasteiger partial charge in [0.15, 0.2) is 12.4 Å². The van der Waals surface area contributed by atoms with Gasteiger partial charge in [0.05, 0.1) is 0 Å². The molecular weight excluding hydrogens is 262 g/mol. The summed E-state index contributed by atoms with van der Waals surface area (Å²) in [4.78, 5) is 32.8. The molecule has 20 heavy (non-hydrogen) atoms. The Morgan fingerprint density at radius 3 is 2.15 bits per heavy atom. The van der Waals surface area contributed by atoms with E-state index in [-0.39, 0.29) is 11.8 Å². The molecule has 1 rings (SSSR count). The lowest BCUT2D eigenvalue weighted by Crippen LogP contribution is -2.33. The fourth-order valence-electron chi connectivity index (χ4n) is 1.11. The normalized spacial score (nSPS) is 18.5. The number of nitrogens with zero attached hydrogens (tertiary/aromatic N) is 1. The summed E-state index contributed by atoms with van der Waals surface area (Å²) in [6.45, 7) is 5.97. The van der Waals surface area contributed by atoms with Gasteiger partial charge in [0.2, 0.25) is 5.91 Å². The van der Waals surface area contributed by atoms with E-state index < -0.39 is 12.2 Å². The van der Waals surface area contributed by atoms with Gasteiger partial charge in [-0.25, -0.2) is 5.43 Å². The molecule has 7 nitrogen and oxygen atoms in total. The topological polar surface area (TPSA) is 91.0 Å². The Kier molecular flexibility index (Phi) is 13.1. The van der Waals surface area contributed by atoms with Crippen molar-refractivity contribution in [2.75, 3.05) is 21.1 Å². The summed E-state index contributed by atoms with van der Waals surface area (Å²) in [7, 11) is 4.94. The SMILES string of the molecule is CC.CCCC(=O)NNC.CN(C)C(=O)C1OC1C=O. The summed E-state index contributed by atoms with van der Waals surface area (Å²) in [5, 5.41) is 0. The first-order chi connectivity index (χ1) is 9.47. The van der Waals surface area contributed by atoms with Crippen LogP contribution in [0.2, 0.25) is 0 Å². The number of ether oxygens (including phenoxy) is 1. The van der Waals surface area contributed by atoms with Gasteiger partial charge in [-0.1, -0.05) is 20.8 Å². The maximum absolute atomic E-state index is 10.9. The lowest BCUT2D eigenvalue weighted by atomic mass is 10.3. The standard InChI is InChI=1S/C6H9NO3.C5H12N2O.C2H6/c1-7(2)6(9)5-4(3-8)10-5;1-3-4-5(8)7-6-2;1-2/h3-5H,1-2H3;6H,3-4H2,1-2H3,(H,7,8);1-2H3. The molecule has 1 heterocycles. The molecule has 7 heteroatoms. The summed E-state index contributed by atoms with van der Waals surface area (Å²) in [5.74, 6) is -0.0906. The number of carbonyl (C=O) groups is 3. The van der Waals surface area contributed by atoms with Gasteiger partial charge >= 0.3 is 0 Å². The highest BCUT2D eigenvalue weighted by Crippen LogP contribution is 2.20. The molecule has 118 valence electrons. The molecule has 0 saturated carbocycles. The maximum atomic E-state index is 10.9. The average Bonchev–Trinajstić information content (AvgIpc) is 3.21. The molecule has 0 aromatic heterocycles. The van der Waals surface area contributed by atoms with Gasteiger partial charge in [-0.3, -0.25) is 15.0 Å². The summed E-state index contributed by atoms with van der Waals surface area (Å²) in [6.07, 6.45) is 1.14. The fraction of sp³-hybridized carbons (Fsp3) is 0.769. The zero-order chi connectivity index (χ0) is 16.1. The Morgan fingerprint density at radius 1 is 1.30 bits per heavy atom. The van der Waals surface area contributed by atoms with Crippen molar-refractivity contribution >= 4 is 18.1 Å². The van der Waals surface area contributed by atoms with E-state index in [4.69, 9.17) is 4.74 Å². The first kappa shape index (κ1) is 20.8. The molecule has 2 unspecified atom stereocenters. The zero-order valence-corrected chi connectivity index (χ0v) is 13.2. The molecule has 0 radical (unpaired) electrons. The third-order valence-electron chi connectivity index (χ3n) is 2.09. The fourth-order valence-corrected chi connectivity index (χ4v) is 1.11. The number of epoxide rings is 1. The smallest absolute Gasteiger partial charge is 0.254 e. The van der Waals surface area contributed by atoms with Gasteiger partial charge in [-0.15, -0.1) is 0 Å². The van der Waals surface area contributed by atoms with Crippen LogP contribution < -0.4 is 10.9 Å². The van der Waals surface area contributed by atoms with Crippen molar-refractivity contribution in [3.63, 3.8) is 0 Å². The van der Waals surface area contributed by atoms with Crippen molar-refractivity contribution in [1.82, 2.24) is 15.8 Å². The third-order valence-corrected chi connectivity index (χ3v) is 2.09. The number of amides is 2. The van der Waals surface area contributed by atoms with E-state index >= 15 is 0 Å². The van der Waals surface area contributed by atoms with Crippen molar-refractivity contribution in [3.05, 3.63) is 0 Å². The first-order valence-corrected chi connectivity index (χ1v) is 6.75. The lowest BCUT2D eigenvalue weighted by Gasteiger charge is -2.05. The monoisotopic (exact) mass is 289 g/mol. The van der Waals surface area contributed by atoms with Crippen LogP contribution in [0.5, 0.6) is 0 Å². The van der Waals surface area contributed by atoms with Gasteiger partial charge in [-0.05, 0) is 6.42 Å². The van der Waals surface area contributed by atoms with Crippen LogP contribution in [0, 0.1) is 0 Å². The molecule has 1 aliphatic rings. The summed E-state index contributed by atoms with van der Waals surface area (Å²) >= 11 is 0. The van der Waals surface area contributed by atoms with Crippen molar-refractivity contribution < 1.29 is 19.1 Å². The highest BCUT2D eigenvalue weighted by atomic mass is 16.6. The third kappa shape index (κ3) is 9.46. The molecule has 0 bridgehead atoms. The molecule has 1 saturated heterocycles. The Balaban J connectivity index is 0. The van der Waals surface area contributed by atoms with Gasteiger partial charge in [0.1, 0.15) is 6.10 Å². The van der Waals surface area contributed by atoms with Gasteiger partial charge in [0.25, 0.3) is 5.91 Å². The zero-order valence-electron chi connectivity index (χ0n) is 13.2. The van der Waals surface area contributed by atoms with Crippen LogP contribution in [0.3, 0.4) is 0 Å². The van der Waals surface area contributed by atoms with Gasteiger partial charge in [-0.2, -0.15) is 0 Å². The summed E-state index contributed by atoms with van der Waals surface area (Å²) < 4.78 is 4.73. The summed E-state index contributed by atoms with van der Waals surface area (Å²) in [5.41, 5.74) is 5.01. The first-order valence-electron chi connectivity index (χ1n) is 6.75. The van der Waals surface area contributed by atoms with Crippen LogP contribution in [0.4, 0.5) is 0 Å². The van der Waals surface area contributed by atoms with Crippen molar-refractivity contribution in [1.29, 1.82) is 0 Å². The molecule has 2 amide bonds. The lowest BCUT2D eigenvalue weighted by molar-refractivity contribution is -0.130. The van der Waals surface area contributed by atoms with E-state index in [2.05, 4.69) is 10.9 Å². The predicted octanol–water partition coefficient (Wildman–Crippen LogP) is 0.104. The van der Waals surface area contributed by atoms with E-state index in [9.17, 15) is 14.4 Å². The molecule has 0 aromatic carbocycles. The number of hydrogen-bond acceptors (Lipinski definition) is 5. The van der Waals surface area contributed by atoms with Gasteiger partial charge in [0, 0.05) is 27.6 Å². The highest BCUT2D eigenvalue weighted by molar-refractivity contribution is 5.88. The number of hydrogen-bond donors (Lipinski definition) is 2. The molecule has 2 atom stereocenters. The van der Waals surface area contributed by atoms with Crippen LogP contribution in [0.25, 0.3) is 0 Å². The Bertz CT molecular complexity index is 287. The Morgan fingerprint density at radius 2 is 1.85 bits per heavy atom. The minimum atomic E-state index is -0.507. The van der Waals surface area contributed by atoms with E-state index in [1.807, 2.05) is 20.8 Å². The van der Waals surface area contributed by atoms with E-state index in [0.29, 0.717) is 12.7 Å². The quantitative estimate of drug-likeness (QED) is 0.426. The van der Waals surface area contributed by atoms with Crippen molar-refractivity contribution in [3.8, 4) is 0 Å². The van der Waals surface area contributed by atoms with Crippen LogP contribution in [-0.2, 0) is 19.1 Å². The Hall–Kier alpha value is -1.47. The van der Waals surface area contributed by atoms with Crippen LogP contribution in [-0.4, -0.2) is 56.4 Å². The minimum absolute atomic E-state index is 0.0509. The number of rotatable bonds is 5. The molecule has 0 aromatic rings. The maximum Gasteiger partial charge on any atom is 0.254 e.